The Labute approximate surface area is 93.0 Å². The van der Waals surface area contributed by atoms with E-state index in [2.05, 4.69) is 28.9 Å². The molecular weight excluding hydrogens is 243 g/mol. The molecule has 0 aliphatic carbocycles. The van der Waals surface area contributed by atoms with Gasteiger partial charge in [-0.15, -0.1) is 0 Å². The van der Waals surface area contributed by atoms with E-state index in [4.69, 9.17) is 0 Å². The van der Waals surface area contributed by atoms with E-state index in [0.717, 1.165) is 23.7 Å². The van der Waals surface area contributed by atoms with Crippen LogP contribution in [-0.2, 0) is 6.42 Å². The van der Waals surface area contributed by atoms with E-state index in [0.29, 0.717) is 0 Å². The third-order valence-electron chi connectivity index (χ3n) is 2.00. The van der Waals surface area contributed by atoms with Crippen molar-refractivity contribution in [2.45, 2.75) is 19.8 Å². The molecule has 0 N–H and O–H groups in total. The van der Waals surface area contributed by atoms with Crippen molar-refractivity contribution in [3.05, 3.63) is 47.3 Å². The lowest BCUT2D eigenvalue weighted by molar-refractivity contribution is 0.627. The highest BCUT2D eigenvalue weighted by molar-refractivity contribution is 9.09. The summed E-state index contributed by atoms with van der Waals surface area (Å²) in [6.45, 7) is 2.10. The average molecular weight is 257 g/mol. The van der Waals surface area contributed by atoms with Crippen LogP contribution in [0.2, 0.25) is 0 Å². The minimum Gasteiger partial charge on any atom is -0.207 e. The van der Waals surface area contributed by atoms with E-state index >= 15 is 0 Å². The highest BCUT2D eigenvalue weighted by Crippen LogP contribution is 2.09. The van der Waals surface area contributed by atoms with Gasteiger partial charge in [0, 0.05) is 5.33 Å². The Morgan fingerprint density at radius 2 is 2.00 bits per heavy atom. The first-order chi connectivity index (χ1) is 6.72. The third-order valence-corrected chi connectivity index (χ3v) is 2.46. The fraction of sp³-hybridized carbons (Fsp3) is 0.333. The van der Waals surface area contributed by atoms with Gasteiger partial charge in [-0.2, -0.15) is 0 Å². The first kappa shape index (κ1) is 11.4. The van der Waals surface area contributed by atoms with Gasteiger partial charge in [0.05, 0.1) is 0 Å². The van der Waals surface area contributed by atoms with Crippen LogP contribution in [0.4, 0.5) is 4.39 Å². The van der Waals surface area contributed by atoms with Gasteiger partial charge in [-0.3, -0.25) is 0 Å². The maximum Gasteiger partial charge on any atom is 0.123 e. The molecule has 14 heavy (non-hydrogen) atoms. The van der Waals surface area contributed by atoms with Gasteiger partial charge in [0.2, 0.25) is 0 Å². The second-order valence-electron chi connectivity index (χ2n) is 3.33. The molecule has 1 aromatic carbocycles. The minimum atomic E-state index is -0.171. The van der Waals surface area contributed by atoms with Crippen molar-refractivity contribution in [2.75, 3.05) is 5.33 Å². The predicted octanol–water partition coefficient (Wildman–Crippen LogP) is 4.10. The lowest BCUT2D eigenvalue weighted by Crippen LogP contribution is -1.87. The summed E-state index contributed by atoms with van der Waals surface area (Å²) in [7, 11) is 0. The van der Waals surface area contributed by atoms with Crippen molar-refractivity contribution in [3.63, 3.8) is 0 Å². The summed E-state index contributed by atoms with van der Waals surface area (Å²) < 4.78 is 12.6. The van der Waals surface area contributed by atoms with Crippen LogP contribution in [0.3, 0.4) is 0 Å². The molecule has 0 aliphatic heterocycles. The van der Waals surface area contributed by atoms with Gasteiger partial charge in [0.15, 0.2) is 0 Å². The molecule has 0 atom stereocenters. The molecule has 0 aliphatic rings. The quantitative estimate of drug-likeness (QED) is 0.562. The Balaban J connectivity index is 2.56. The Kier molecular flexibility index (Phi) is 4.88. The molecule has 0 spiro atoms. The molecule has 1 aromatic rings. The second kappa shape index (κ2) is 5.97. The number of hydrogen-bond acceptors (Lipinski definition) is 0. The standard InChI is InChI=1S/C12H14BrF/c1-10(3-2-8-13)9-11-4-6-12(14)7-5-11/h3-7H,2,8-9H2,1H3. The molecule has 0 bridgehead atoms. The van der Waals surface area contributed by atoms with Gasteiger partial charge < -0.3 is 0 Å². The van der Waals surface area contributed by atoms with Crippen LogP contribution in [0.5, 0.6) is 0 Å². The smallest absolute Gasteiger partial charge is 0.123 e. The maximum atomic E-state index is 12.6. The van der Waals surface area contributed by atoms with E-state index in [1.54, 1.807) is 0 Å². The number of benzene rings is 1. The molecule has 0 nitrogen and oxygen atoms in total. The highest BCUT2D eigenvalue weighted by atomic mass is 79.9. The highest BCUT2D eigenvalue weighted by Gasteiger charge is 1.95. The third kappa shape index (κ3) is 4.05. The van der Waals surface area contributed by atoms with Crippen LogP contribution in [-0.4, -0.2) is 5.33 Å². The SMILES string of the molecule is CC(=CCCBr)Cc1ccc(F)cc1. The largest absolute Gasteiger partial charge is 0.207 e. The van der Waals surface area contributed by atoms with Crippen LogP contribution < -0.4 is 0 Å². The first-order valence-corrected chi connectivity index (χ1v) is 5.80. The van der Waals surface area contributed by atoms with Gasteiger partial charge in [0.25, 0.3) is 0 Å². The van der Waals surface area contributed by atoms with E-state index in [1.165, 1.54) is 17.7 Å². The van der Waals surface area contributed by atoms with Gasteiger partial charge in [-0.25, -0.2) is 4.39 Å². The second-order valence-corrected chi connectivity index (χ2v) is 4.12. The number of rotatable bonds is 4. The molecule has 0 saturated heterocycles. The Hall–Kier alpha value is -0.630. The van der Waals surface area contributed by atoms with E-state index in [1.807, 2.05) is 12.1 Å². The van der Waals surface area contributed by atoms with Crippen molar-refractivity contribution >= 4 is 15.9 Å². The lowest BCUT2D eigenvalue weighted by atomic mass is 10.1. The number of allylic oxidation sites excluding steroid dienone is 2. The molecular formula is C12H14BrF. The summed E-state index contributed by atoms with van der Waals surface area (Å²) in [6.07, 6.45) is 4.17. The summed E-state index contributed by atoms with van der Waals surface area (Å²) in [5.74, 6) is -0.171. The number of hydrogen-bond donors (Lipinski definition) is 0. The van der Waals surface area contributed by atoms with Crippen LogP contribution in [0.15, 0.2) is 35.9 Å². The van der Waals surface area contributed by atoms with Gasteiger partial charge in [-0.1, -0.05) is 39.7 Å². The van der Waals surface area contributed by atoms with Gasteiger partial charge in [-0.05, 0) is 37.5 Å². The van der Waals surface area contributed by atoms with Gasteiger partial charge >= 0.3 is 0 Å². The van der Waals surface area contributed by atoms with Crippen molar-refractivity contribution < 1.29 is 4.39 Å². The summed E-state index contributed by atoms with van der Waals surface area (Å²) >= 11 is 3.38. The zero-order chi connectivity index (χ0) is 10.4. The number of alkyl halides is 1. The molecule has 0 heterocycles. The van der Waals surface area contributed by atoms with E-state index in [-0.39, 0.29) is 5.82 Å². The zero-order valence-electron chi connectivity index (χ0n) is 8.26. The normalized spacial score (nSPS) is 11.8. The molecule has 0 radical (unpaired) electrons. The molecule has 1 rings (SSSR count). The Morgan fingerprint density at radius 1 is 1.36 bits per heavy atom. The summed E-state index contributed by atoms with van der Waals surface area (Å²) in [5.41, 5.74) is 2.49. The maximum absolute atomic E-state index is 12.6. The van der Waals surface area contributed by atoms with Crippen molar-refractivity contribution in [1.82, 2.24) is 0 Å². The van der Waals surface area contributed by atoms with Crippen LogP contribution in [0, 0.1) is 5.82 Å². The molecule has 2 heteroatoms. The van der Waals surface area contributed by atoms with Crippen LogP contribution in [0.25, 0.3) is 0 Å². The topological polar surface area (TPSA) is 0 Å². The van der Waals surface area contributed by atoms with Crippen molar-refractivity contribution in [3.8, 4) is 0 Å². The molecule has 0 unspecified atom stereocenters. The minimum absolute atomic E-state index is 0.171. The number of halogens is 2. The molecule has 0 fully saturated rings. The van der Waals surface area contributed by atoms with Gasteiger partial charge in [0.1, 0.15) is 5.82 Å². The predicted molar refractivity (Wildman–Crippen MR) is 62.3 cm³/mol. The van der Waals surface area contributed by atoms with E-state index in [9.17, 15) is 4.39 Å². The monoisotopic (exact) mass is 256 g/mol. The van der Waals surface area contributed by atoms with Crippen molar-refractivity contribution in [2.24, 2.45) is 0 Å². The summed E-state index contributed by atoms with van der Waals surface area (Å²) in [5, 5.41) is 0.994. The Morgan fingerprint density at radius 3 is 2.57 bits per heavy atom. The van der Waals surface area contributed by atoms with Crippen molar-refractivity contribution in [1.29, 1.82) is 0 Å². The fourth-order valence-electron chi connectivity index (χ4n) is 1.30. The fourth-order valence-corrected chi connectivity index (χ4v) is 1.53. The van der Waals surface area contributed by atoms with Crippen LogP contribution >= 0.6 is 15.9 Å². The average Bonchev–Trinajstić information content (AvgIpc) is 2.18. The molecule has 76 valence electrons. The summed E-state index contributed by atoms with van der Waals surface area (Å²) in [6, 6.07) is 6.68. The molecule has 0 amide bonds. The van der Waals surface area contributed by atoms with E-state index < -0.39 is 0 Å². The molecule has 0 saturated carbocycles. The molecule has 0 aromatic heterocycles. The Bertz CT molecular complexity index is 301. The summed E-state index contributed by atoms with van der Waals surface area (Å²) in [4.78, 5) is 0. The van der Waals surface area contributed by atoms with Crippen LogP contribution in [0.1, 0.15) is 18.9 Å². The lowest BCUT2D eigenvalue weighted by Gasteiger charge is -2.01. The first-order valence-electron chi connectivity index (χ1n) is 4.68. The zero-order valence-corrected chi connectivity index (χ0v) is 9.85.